The second-order valence-corrected chi connectivity index (χ2v) is 6.43. The Morgan fingerprint density at radius 3 is 2.83 bits per heavy atom. The van der Waals surface area contributed by atoms with Crippen molar-refractivity contribution >= 4 is 5.91 Å². The van der Waals surface area contributed by atoms with Gasteiger partial charge in [0.25, 0.3) is 0 Å². The molecule has 2 fully saturated rings. The van der Waals surface area contributed by atoms with Crippen LogP contribution in [0.3, 0.4) is 0 Å². The summed E-state index contributed by atoms with van der Waals surface area (Å²) in [6.07, 6.45) is 3.84. The quantitative estimate of drug-likeness (QED) is 0.859. The van der Waals surface area contributed by atoms with Crippen LogP contribution in [0, 0.1) is 5.82 Å². The zero-order valence-electron chi connectivity index (χ0n) is 13.6. The van der Waals surface area contributed by atoms with E-state index in [0.29, 0.717) is 18.7 Å². The van der Waals surface area contributed by atoms with Gasteiger partial charge in [0.15, 0.2) is 0 Å². The summed E-state index contributed by atoms with van der Waals surface area (Å²) in [5.41, 5.74) is 0.211. The number of halogens is 1. The summed E-state index contributed by atoms with van der Waals surface area (Å²) in [5.74, 6) is -0.334. The molecule has 0 N–H and O–H groups in total. The Kier molecular flexibility index (Phi) is 4.97. The second-order valence-electron chi connectivity index (χ2n) is 6.43. The van der Waals surface area contributed by atoms with Gasteiger partial charge < -0.3 is 14.4 Å². The molecule has 1 aromatic carbocycles. The van der Waals surface area contributed by atoms with E-state index in [1.807, 2.05) is 4.90 Å². The minimum Gasteiger partial charge on any atom is -0.378 e. The molecule has 2 aliphatic heterocycles. The summed E-state index contributed by atoms with van der Waals surface area (Å²) in [6, 6.07) is 6.46. The smallest absolute Gasteiger partial charge is 0.227 e. The number of piperidine rings is 1. The third kappa shape index (κ3) is 3.40. The van der Waals surface area contributed by atoms with Gasteiger partial charge in [0.05, 0.1) is 18.1 Å². The summed E-state index contributed by atoms with van der Waals surface area (Å²) in [5, 5.41) is 0. The van der Waals surface area contributed by atoms with Gasteiger partial charge in [-0.2, -0.15) is 0 Å². The Bertz CT molecular complexity index is 555. The van der Waals surface area contributed by atoms with E-state index in [4.69, 9.17) is 9.47 Å². The molecule has 0 aliphatic carbocycles. The number of hydrogen-bond donors (Lipinski definition) is 0. The van der Waals surface area contributed by atoms with Gasteiger partial charge >= 0.3 is 0 Å². The van der Waals surface area contributed by atoms with Gasteiger partial charge in [-0.25, -0.2) is 4.39 Å². The third-order valence-corrected chi connectivity index (χ3v) is 5.13. The molecule has 1 atom stereocenters. The molecular weight excluding hydrogens is 297 g/mol. The fourth-order valence-corrected chi connectivity index (χ4v) is 3.75. The van der Waals surface area contributed by atoms with E-state index in [-0.39, 0.29) is 29.9 Å². The molecule has 1 spiro atoms. The minimum absolute atomic E-state index is 0.0188. The highest BCUT2D eigenvalue weighted by Crippen LogP contribution is 2.36. The molecule has 0 saturated carbocycles. The Labute approximate surface area is 136 Å². The minimum atomic E-state index is -0.315. The monoisotopic (exact) mass is 321 g/mol. The zero-order valence-corrected chi connectivity index (χ0v) is 13.6. The number of benzene rings is 1. The van der Waals surface area contributed by atoms with Crippen molar-refractivity contribution < 1.29 is 18.7 Å². The van der Waals surface area contributed by atoms with E-state index >= 15 is 0 Å². The van der Waals surface area contributed by atoms with Crippen molar-refractivity contribution in [1.82, 2.24) is 4.90 Å². The SMILES string of the molecule is COC1CCCOC12CCN(C(=O)Cc1ccccc1F)CC2. The van der Waals surface area contributed by atoms with Crippen LogP contribution in [0.1, 0.15) is 31.2 Å². The molecule has 0 bridgehead atoms. The molecular formula is C18H24FNO3. The predicted molar refractivity (Wildman–Crippen MR) is 84.6 cm³/mol. The third-order valence-electron chi connectivity index (χ3n) is 5.13. The maximum atomic E-state index is 13.7. The van der Waals surface area contributed by atoms with Crippen LogP contribution in [0.2, 0.25) is 0 Å². The molecule has 2 heterocycles. The van der Waals surface area contributed by atoms with E-state index in [0.717, 1.165) is 32.3 Å². The van der Waals surface area contributed by atoms with E-state index < -0.39 is 0 Å². The maximum Gasteiger partial charge on any atom is 0.227 e. The summed E-state index contributed by atoms with van der Waals surface area (Å²) in [6.45, 7) is 2.06. The topological polar surface area (TPSA) is 38.8 Å². The van der Waals surface area contributed by atoms with Crippen LogP contribution in [0.5, 0.6) is 0 Å². The van der Waals surface area contributed by atoms with Gasteiger partial charge in [0.1, 0.15) is 5.82 Å². The molecule has 3 rings (SSSR count). The number of ether oxygens (including phenoxy) is 2. The lowest BCUT2D eigenvalue weighted by Crippen LogP contribution is -2.56. The normalized spacial score (nSPS) is 23.9. The van der Waals surface area contributed by atoms with E-state index in [2.05, 4.69) is 0 Å². The number of hydrogen-bond acceptors (Lipinski definition) is 3. The summed E-state index contributed by atoms with van der Waals surface area (Å²) in [4.78, 5) is 14.3. The van der Waals surface area contributed by atoms with Crippen molar-refractivity contribution in [3.05, 3.63) is 35.6 Å². The van der Waals surface area contributed by atoms with Crippen LogP contribution >= 0.6 is 0 Å². The molecule has 1 aromatic rings. The molecule has 5 heteroatoms. The zero-order chi connectivity index (χ0) is 16.3. The predicted octanol–water partition coefficient (Wildman–Crippen LogP) is 2.55. The van der Waals surface area contributed by atoms with Crippen molar-refractivity contribution in [2.45, 2.75) is 43.8 Å². The number of carbonyl (C=O) groups is 1. The second kappa shape index (κ2) is 6.97. The highest BCUT2D eigenvalue weighted by Gasteiger charge is 2.45. The van der Waals surface area contributed by atoms with Crippen molar-refractivity contribution in [2.24, 2.45) is 0 Å². The highest BCUT2D eigenvalue weighted by atomic mass is 19.1. The number of methoxy groups -OCH3 is 1. The van der Waals surface area contributed by atoms with Crippen molar-refractivity contribution in [3.63, 3.8) is 0 Å². The largest absolute Gasteiger partial charge is 0.378 e. The van der Waals surface area contributed by atoms with Crippen LogP contribution in [0.15, 0.2) is 24.3 Å². The van der Waals surface area contributed by atoms with Crippen LogP contribution in [0.4, 0.5) is 4.39 Å². The molecule has 2 aliphatic rings. The first-order valence-corrected chi connectivity index (χ1v) is 8.32. The van der Waals surface area contributed by atoms with Crippen LogP contribution < -0.4 is 0 Å². The van der Waals surface area contributed by atoms with Crippen LogP contribution in [0.25, 0.3) is 0 Å². The van der Waals surface area contributed by atoms with E-state index in [1.54, 1.807) is 25.3 Å². The summed E-state index contributed by atoms with van der Waals surface area (Å²) in [7, 11) is 1.73. The standard InChI is InChI=1S/C18H24FNO3/c1-22-16-7-4-12-23-18(16)8-10-20(11-9-18)17(21)13-14-5-2-3-6-15(14)19/h2-3,5-6,16H,4,7-13H2,1H3. The molecule has 4 nitrogen and oxygen atoms in total. The number of amides is 1. The lowest BCUT2D eigenvalue weighted by atomic mass is 9.81. The van der Waals surface area contributed by atoms with Gasteiger partial charge in [-0.15, -0.1) is 0 Å². The first kappa shape index (κ1) is 16.4. The van der Waals surface area contributed by atoms with Crippen molar-refractivity contribution in [1.29, 1.82) is 0 Å². The van der Waals surface area contributed by atoms with Gasteiger partial charge in [-0.05, 0) is 37.3 Å². The Hall–Kier alpha value is -1.46. The molecule has 0 radical (unpaired) electrons. The van der Waals surface area contributed by atoms with Crippen LogP contribution in [-0.2, 0) is 20.7 Å². The summed E-state index contributed by atoms with van der Waals surface area (Å²) >= 11 is 0. The van der Waals surface area contributed by atoms with Gasteiger partial charge in [0, 0.05) is 26.8 Å². The molecule has 126 valence electrons. The average Bonchev–Trinajstić information content (AvgIpc) is 2.58. The Morgan fingerprint density at radius 1 is 1.39 bits per heavy atom. The van der Waals surface area contributed by atoms with Gasteiger partial charge in [-0.1, -0.05) is 18.2 Å². The van der Waals surface area contributed by atoms with Gasteiger partial charge in [-0.3, -0.25) is 4.79 Å². The van der Waals surface area contributed by atoms with E-state index in [9.17, 15) is 9.18 Å². The molecule has 1 unspecified atom stereocenters. The molecule has 2 saturated heterocycles. The molecule has 1 amide bonds. The molecule has 23 heavy (non-hydrogen) atoms. The van der Waals surface area contributed by atoms with E-state index in [1.165, 1.54) is 6.07 Å². The molecule has 0 aromatic heterocycles. The first-order chi connectivity index (χ1) is 11.1. The van der Waals surface area contributed by atoms with Crippen molar-refractivity contribution in [2.75, 3.05) is 26.8 Å². The number of rotatable bonds is 3. The average molecular weight is 321 g/mol. The van der Waals surface area contributed by atoms with Crippen LogP contribution in [-0.4, -0.2) is 49.3 Å². The lowest BCUT2D eigenvalue weighted by Gasteiger charge is -2.48. The first-order valence-electron chi connectivity index (χ1n) is 8.32. The lowest BCUT2D eigenvalue weighted by molar-refractivity contribution is -0.188. The fourth-order valence-electron chi connectivity index (χ4n) is 3.75. The number of carbonyl (C=O) groups excluding carboxylic acids is 1. The Morgan fingerprint density at radius 2 is 2.13 bits per heavy atom. The number of nitrogens with zero attached hydrogens (tertiary/aromatic N) is 1. The van der Waals surface area contributed by atoms with Crippen molar-refractivity contribution in [3.8, 4) is 0 Å². The fraction of sp³-hybridized carbons (Fsp3) is 0.611. The van der Waals surface area contributed by atoms with Gasteiger partial charge in [0.2, 0.25) is 5.91 Å². The highest BCUT2D eigenvalue weighted by molar-refractivity contribution is 5.79. The maximum absolute atomic E-state index is 13.7. The Balaban J connectivity index is 1.60. The number of likely N-dealkylation sites (tertiary alicyclic amines) is 1. The summed E-state index contributed by atoms with van der Waals surface area (Å²) < 4.78 is 25.4.